The average molecular weight is 527 g/mol. The third-order valence-corrected chi connectivity index (χ3v) is 8.28. The van der Waals surface area contributed by atoms with Gasteiger partial charge in [0.2, 0.25) is 15.9 Å². The minimum Gasteiger partial charge on any atom is -0.464 e. The van der Waals surface area contributed by atoms with E-state index in [1.165, 1.54) is 4.31 Å². The summed E-state index contributed by atoms with van der Waals surface area (Å²) in [5.74, 6) is 1.12. The Balaban J connectivity index is 1.92. The Hall–Kier alpha value is -2.94. The number of rotatable bonds is 13. The van der Waals surface area contributed by atoms with Crippen LogP contribution in [0.5, 0.6) is 0 Å². The Morgan fingerprint density at radius 1 is 0.946 bits per heavy atom. The smallest absolute Gasteiger partial charge is 0.244 e. The van der Waals surface area contributed by atoms with Crippen LogP contribution in [0.25, 0.3) is 0 Å². The van der Waals surface area contributed by atoms with Crippen molar-refractivity contribution in [2.24, 2.45) is 0 Å². The molecule has 0 saturated heterocycles. The minimum absolute atomic E-state index is 0.180. The van der Waals surface area contributed by atoms with E-state index in [9.17, 15) is 13.2 Å². The topological polar surface area (TPSA) is 80.1 Å². The monoisotopic (exact) mass is 526 g/mol. The van der Waals surface area contributed by atoms with E-state index in [2.05, 4.69) is 0 Å². The molecule has 2 aromatic carbocycles. The summed E-state index contributed by atoms with van der Waals surface area (Å²) in [5.41, 5.74) is 3.30. The van der Waals surface area contributed by atoms with E-state index in [-0.39, 0.29) is 30.4 Å². The van der Waals surface area contributed by atoms with Crippen LogP contribution >= 0.6 is 0 Å². The summed E-state index contributed by atoms with van der Waals surface area (Å²) >= 11 is 0. The van der Waals surface area contributed by atoms with Gasteiger partial charge in [-0.3, -0.25) is 4.79 Å². The van der Waals surface area contributed by atoms with E-state index < -0.39 is 10.0 Å². The number of nitrogens with zero attached hydrogens (tertiary/aromatic N) is 2. The molecule has 0 aliphatic rings. The molecular formula is C29H38N2O5S. The van der Waals surface area contributed by atoms with E-state index in [0.717, 1.165) is 16.9 Å². The number of amides is 1. The van der Waals surface area contributed by atoms with Gasteiger partial charge in [0, 0.05) is 26.3 Å². The molecule has 0 atom stereocenters. The zero-order valence-electron chi connectivity index (χ0n) is 22.5. The largest absolute Gasteiger partial charge is 0.464 e. The van der Waals surface area contributed by atoms with Crippen LogP contribution in [-0.4, -0.2) is 49.8 Å². The van der Waals surface area contributed by atoms with Crippen LogP contribution in [0.4, 0.5) is 0 Å². The molecule has 1 amide bonds. The lowest BCUT2D eigenvalue weighted by Crippen LogP contribution is -2.43. The standard InChI is InChI=1S/C29H38N2O5S/c1-6-35-16-10-15-31(37(33,34)29-23(3)17-22(2)18-24(29)4)21-28(32)30(19-26-11-8-7-9-12-26)20-27-14-13-25(5)36-27/h7-9,11-14,17-18H,6,10,15-16,19-21H2,1-5H3. The first-order valence-electron chi connectivity index (χ1n) is 12.6. The number of ether oxygens (including phenoxy) is 1. The van der Waals surface area contributed by atoms with Gasteiger partial charge < -0.3 is 14.1 Å². The molecule has 0 saturated carbocycles. The number of hydrogen-bond acceptors (Lipinski definition) is 5. The molecule has 200 valence electrons. The van der Waals surface area contributed by atoms with E-state index in [1.807, 2.05) is 75.4 Å². The van der Waals surface area contributed by atoms with E-state index in [1.54, 1.807) is 18.7 Å². The lowest BCUT2D eigenvalue weighted by Gasteiger charge is -2.28. The highest BCUT2D eigenvalue weighted by atomic mass is 32.2. The zero-order valence-corrected chi connectivity index (χ0v) is 23.3. The molecule has 1 heterocycles. The second-order valence-electron chi connectivity index (χ2n) is 9.36. The van der Waals surface area contributed by atoms with Gasteiger partial charge in [0.15, 0.2) is 0 Å². The molecule has 0 aliphatic carbocycles. The lowest BCUT2D eigenvalue weighted by molar-refractivity contribution is -0.133. The fourth-order valence-corrected chi connectivity index (χ4v) is 6.36. The predicted octanol–water partition coefficient (Wildman–Crippen LogP) is 5.16. The Bertz CT molecular complexity index is 1260. The van der Waals surface area contributed by atoms with Gasteiger partial charge in [0.25, 0.3) is 0 Å². The lowest BCUT2D eigenvalue weighted by atomic mass is 10.1. The van der Waals surface area contributed by atoms with Gasteiger partial charge in [0.05, 0.1) is 18.0 Å². The fourth-order valence-electron chi connectivity index (χ4n) is 4.52. The normalized spacial score (nSPS) is 11.7. The molecule has 0 fully saturated rings. The van der Waals surface area contributed by atoms with Crippen molar-refractivity contribution in [1.29, 1.82) is 0 Å². The third-order valence-electron chi connectivity index (χ3n) is 6.13. The second-order valence-corrected chi connectivity index (χ2v) is 11.2. The first kappa shape index (κ1) is 28.6. The van der Waals surface area contributed by atoms with Gasteiger partial charge in [-0.15, -0.1) is 0 Å². The summed E-state index contributed by atoms with van der Waals surface area (Å²) in [6, 6.07) is 17.1. The maximum Gasteiger partial charge on any atom is 0.244 e. The highest BCUT2D eigenvalue weighted by Gasteiger charge is 2.31. The highest BCUT2D eigenvalue weighted by molar-refractivity contribution is 7.89. The van der Waals surface area contributed by atoms with Crippen LogP contribution in [0.2, 0.25) is 0 Å². The van der Waals surface area contributed by atoms with Crippen molar-refractivity contribution >= 4 is 15.9 Å². The Labute approximate surface area is 221 Å². The zero-order chi connectivity index (χ0) is 27.0. The van der Waals surface area contributed by atoms with Crippen LogP contribution in [0.3, 0.4) is 0 Å². The number of aryl methyl sites for hydroxylation is 4. The Morgan fingerprint density at radius 3 is 2.22 bits per heavy atom. The van der Waals surface area contributed by atoms with Crippen molar-refractivity contribution in [3.63, 3.8) is 0 Å². The van der Waals surface area contributed by atoms with Gasteiger partial charge in [-0.2, -0.15) is 4.31 Å². The summed E-state index contributed by atoms with van der Waals surface area (Å²) in [5, 5.41) is 0. The average Bonchev–Trinajstić information content (AvgIpc) is 3.24. The van der Waals surface area contributed by atoms with Crippen LogP contribution in [-0.2, 0) is 32.6 Å². The number of furan rings is 1. The molecule has 0 N–H and O–H groups in total. The Morgan fingerprint density at radius 2 is 1.62 bits per heavy atom. The van der Waals surface area contributed by atoms with Gasteiger partial charge >= 0.3 is 0 Å². The molecule has 7 nitrogen and oxygen atoms in total. The van der Waals surface area contributed by atoms with Crippen LogP contribution in [0, 0.1) is 27.7 Å². The maximum absolute atomic E-state index is 13.9. The van der Waals surface area contributed by atoms with Crippen molar-refractivity contribution in [3.8, 4) is 0 Å². The second kappa shape index (κ2) is 13.0. The molecule has 3 aromatic rings. The molecule has 0 spiro atoms. The number of hydrogen-bond donors (Lipinski definition) is 0. The molecular weight excluding hydrogens is 488 g/mol. The fraction of sp³-hybridized carbons (Fsp3) is 0.414. The number of carbonyl (C=O) groups is 1. The maximum atomic E-state index is 13.9. The van der Waals surface area contributed by atoms with Crippen molar-refractivity contribution in [3.05, 3.63) is 88.4 Å². The molecule has 0 aliphatic heterocycles. The van der Waals surface area contributed by atoms with Crippen molar-refractivity contribution in [2.45, 2.75) is 59.0 Å². The predicted molar refractivity (Wildman–Crippen MR) is 145 cm³/mol. The third kappa shape index (κ3) is 7.77. The number of sulfonamides is 1. The molecule has 0 unspecified atom stereocenters. The Kier molecular flexibility index (Phi) is 10.1. The van der Waals surface area contributed by atoms with Crippen LogP contribution < -0.4 is 0 Å². The SMILES string of the molecule is CCOCCCN(CC(=O)N(Cc1ccccc1)Cc1ccc(C)o1)S(=O)(=O)c1c(C)cc(C)cc1C. The van der Waals surface area contributed by atoms with Crippen LogP contribution in [0.15, 0.2) is 63.9 Å². The minimum atomic E-state index is -3.93. The van der Waals surface area contributed by atoms with Crippen LogP contribution in [0.1, 0.15) is 47.1 Å². The molecule has 0 bridgehead atoms. The molecule has 0 radical (unpaired) electrons. The summed E-state index contributed by atoms with van der Waals surface area (Å²) in [7, 11) is -3.93. The van der Waals surface area contributed by atoms with Gasteiger partial charge in [0.1, 0.15) is 11.5 Å². The van der Waals surface area contributed by atoms with Gasteiger partial charge in [-0.1, -0.05) is 48.0 Å². The summed E-state index contributed by atoms with van der Waals surface area (Å²) in [4.78, 5) is 15.6. The highest BCUT2D eigenvalue weighted by Crippen LogP contribution is 2.26. The van der Waals surface area contributed by atoms with Crippen molar-refractivity contribution in [1.82, 2.24) is 9.21 Å². The van der Waals surface area contributed by atoms with E-state index in [4.69, 9.17) is 9.15 Å². The van der Waals surface area contributed by atoms with Gasteiger partial charge in [-0.05, 0) is 69.9 Å². The molecule has 1 aromatic heterocycles. The first-order valence-corrected chi connectivity index (χ1v) is 14.1. The van der Waals surface area contributed by atoms with Crippen molar-refractivity contribution < 1.29 is 22.4 Å². The van der Waals surface area contributed by atoms with E-state index >= 15 is 0 Å². The quantitative estimate of drug-likeness (QED) is 0.288. The summed E-state index contributed by atoms with van der Waals surface area (Å²) < 4.78 is 40.3. The van der Waals surface area contributed by atoms with Crippen molar-refractivity contribution in [2.75, 3.05) is 26.3 Å². The number of carbonyl (C=O) groups excluding carboxylic acids is 1. The molecule has 8 heteroatoms. The van der Waals surface area contributed by atoms with E-state index in [0.29, 0.717) is 43.1 Å². The van der Waals surface area contributed by atoms with Gasteiger partial charge in [-0.25, -0.2) is 8.42 Å². The number of benzene rings is 2. The first-order chi connectivity index (χ1) is 17.6. The summed E-state index contributed by atoms with van der Waals surface area (Å²) in [6.45, 7) is 10.8. The summed E-state index contributed by atoms with van der Waals surface area (Å²) in [6.07, 6.45) is 0.486. The molecule has 3 rings (SSSR count). The molecule has 37 heavy (non-hydrogen) atoms.